The van der Waals surface area contributed by atoms with Gasteiger partial charge < -0.3 is 10.4 Å². The third-order valence-electron chi connectivity index (χ3n) is 5.23. The molecule has 1 aromatic heterocycles. The number of pyridine rings is 1. The standard InChI is InChI=1S/C18H28N4O2/c1-2-5-16-15(11-20-22-16)18(24)21-17(12-8-14(23)9-12)10-13-6-3-4-7-19-13/h3-4,6-7,12,14-17,20,22-23H,2,5,8-11H2,1H3,(H,21,24). The van der Waals surface area contributed by atoms with E-state index in [1.54, 1.807) is 6.20 Å². The van der Waals surface area contributed by atoms with Crippen molar-refractivity contribution < 1.29 is 9.90 Å². The summed E-state index contributed by atoms with van der Waals surface area (Å²) in [5.74, 6) is 0.396. The zero-order chi connectivity index (χ0) is 16.9. The number of aromatic nitrogens is 1. The molecule has 2 fully saturated rings. The maximum absolute atomic E-state index is 12.8. The fraction of sp³-hybridized carbons (Fsp3) is 0.667. The molecule has 0 aromatic carbocycles. The number of aliphatic hydroxyl groups is 1. The number of amides is 1. The number of hydrazine groups is 1. The lowest BCUT2D eigenvalue weighted by molar-refractivity contribution is -0.126. The Bertz CT molecular complexity index is 533. The molecule has 0 spiro atoms. The summed E-state index contributed by atoms with van der Waals surface area (Å²) in [6.07, 6.45) is 5.84. The van der Waals surface area contributed by atoms with Gasteiger partial charge in [-0.15, -0.1) is 0 Å². The maximum atomic E-state index is 12.8. The van der Waals surface area contributed by atoms with Gasteiger partial charge in [0.05, 0.1) is 12.0 Å². The van der Waals surface area contributed by atoms with Crippen molar-refractivity contribution >= 4 is 5.91 Å². The van der Waals surface area contributed by atoms with Gasteiger partial charge in [-0.1, -0.05) is 19.4 Å². The van der Waals surface area contributed by atoms with E-state index in [-0.39, 0.29) is 30.0 Å². The maximum Gasteiger partial charge on any atom is 0.226 e. The molecule has 24 heavy (non-hydrogen) atoms. The highest BCUT2D eigenvalue weighted by Gasteiger charge is 2.38. The molecule has 2 heterocycles. The quantitative estimate of drug-likeness (QED) is 0.593. The van der Waals surface area contributed by atoms with Crippen molar-refractivity contribution in [2.24, 2.45) is 11.8 Å². The molecule has 0 bridgehead atoms. The van der Waals surface area contributed by atoms with Gasteiger partial charge in [-0.3, -0.25) is 20.6 Å². The van der Waals surface area contributed by atoms with Gasteiger partial charge >= 0.3 is 0 Å². The van der Waals surface area contributed by atoms with Crippen LogP contribution in [0.3, 0.4) is 0 Å². The molecule has 1 aliphatic heterocycles. The third-order valence-corrected chi connectivity index (χ3v) is 5.23. The molecule has 0 radical (unpaired) electrons. The van der Waals surface area contributed by atoms with E-state index in [1.165, 1.54) is 0 Å². The van der Waals surface area contributed by atoms with Crippen LogP contribution in [-0.4, -0.2) is 40.7 Å². The number of rotatable bonds is 7. The third kappa shape index (κ3) is 4.12. The van der Waals surface area contributed by atoms with Gasteiger partial charge in [-0.05, 0) is 37.3 Å². The van der Waals surface area contributed by atoms with Crippen LogP contribution >= 0.6 is 0 Å². The van der Waals surface area contributed by atoms with Crippen LogP contribution in [0, 0.1) is 11.8 Å². The van der Waals surface area contributed by atoms with E-state index in [2.05, 4.69) is 28.1 Å². The van der Waals surface area contributed by atoms with Gasteiger partial charge in [0.1, 0.15) is 0 Å². The van der Waals surface area contributed by atoms with Crippen molar-refractivity contribution in [2.45, 2.75) is 57.2 Å². The Balaban J connectivity index is 1.63. The van der Waals surface area contributed by atoms with Crippen molar-refractivity contribution in [3.05, 3.63) is 30.1 Å². The normalized spacial score (nSPS) is 30.6. The first kappa shape index (κ1) is 17.3. The average Bonchev–Trinajstić information content (AvgIpc) is 3.01. The van der Waals surface area contributed by atoms with E-state index >= 15 is 0 Å². The van der Waals surface area contributed by atoms with E-state index in [4.69, 9.17) is 0 Å². The van der Waals surface area contributed by atoms with Gasteiger partial charge in [0, 0.05) is 36.9 Å². The van der Waals surface area contributed by atoms with E-state index < -0.39 is 0 Å². The van der Waals surface area contributed by atoms with Crippen LogP contribution in [0.1, 0.15) is 38.3 Å². The lowest BCUT2D eigenvalue weighted by Crippen LogP contribution is -2.51. The second-order valence-electron chi connectivity index (χ2n) is 7.05. The summed E-state index contributed by atoms with van der Waals surface area (Å²) in [6.45, 7) is 2.80. The molecular formula is C18H28N4O2. The molecule has 1 aromatic rings. The first-order valence-electron chi connectivity index (χ1n) is 9.04. The minimum atomic E-state index is -0.221. The molecule has 1 amide bonds. The summed E-state index contributed by atoms with van der Waals surface area (Å²) < 4.78 is 0. The van der Waals surface area contributed by atoms with Crippen LogP contribution in [0.25, 0.3) is 0 Å². The van der Waals surface area contributed by atoms with Crippen molar-refractivity contribution in [3.63, 3.8) is 0 Å². The van der Waals surface area contributed by atoms with Crippen LogP contribution in [0.4, 0.5) is 0 Å². The van der Waals surface area contributed by atoms with Crippen molar-refractivity contribution in [2.75, 3.05) is 6.54 Å². The Kier molecular flexibility index (Phi) is 5.81. The lowest BCUT2D eigenvalue weighted by atomic mass is 9.75. The fourth-order valence-electron chi connectivity index (χ4n) is 3.73. The highest BCUT2D eigenvalue weighted by Crippen LogP contribution is 2.32. The van der Waals surface area contributed by atoms with Crippen LogP contribution in [0.5, 0.6) is 0 Å². The summed E-state index contributed by atoms with van der Waals surface area (Å²) in [5, 5.41) is 12.9. The summed E-state index contributed by atoms with van der Waals surface area (Å²) in [4.78, 5) is 17.2. The van der Waals surface area contributed by atoms with Gasteiger partial charge in [0.2, 0.25) is 5.91 Å². The molecule has 3 atom stereocenters. The summed E-state index contributed by atoms with van der Waals surface area (Å²) in [6, 6.07) is 6.09. The van der Waals surface area contributed by atoms with Crippen LogP contribution in [0.2, 0.25) is 0 Å². The average molecular weight is 332 g/mol. The van der Waals surface area contributed by atoms with Crippen molar-refractivity contribution in [3.8, 4) is 0 Å². The molecule has 3 rings (SSSR count). The van der Waals surface area contributed by atoms with Gasteiger partial charge in [0.15, 0.2) is 0 Å². The number of aliphatic hydroxyl groups excluding tert-OH is 1. The zero-order valence-electron chi connectivity index (χ0n) is 14.2. The van der Waals surface area contributed by atoms with Crippen LogP contribution in [-0.2, 0) is 11.2 Å². The lowest BCUT2D eigenvalue weighted by Gasteiger charge is -2.38. The molecule has 6 heteroatoms. The second-order valence-corrected chi connectivity index (χ2v) is 7.05. The topological polar surface area (TPSA) is 86.3 Å². The van der Waals surface area contributed by atoms with Gasteiger partial charge in [0.25, 0.3) is 0 Å². The molecule has 1 saturated carbocycles. The number of nitrogens with zero attached hydrogens (tertiary/aromatic N) is 1. The van der Waals surface area contributed by atoms with Gasteiger partial charge in [-0.2, -0.15) is 0 Å². The predicted octanol–water partition coefficient (Wildman–Crippen LogP) is 0.773. The Morgan fingerprint density at radius 1 is 1.46 bits per heavy atom. The molecule has 1 aliphatic carbocycles. The molecule has 4 N–H and O–H groups in total. The highest BCUT2D eigenvalue weighted by atomic mass is 16.3. The Morgan fingerprint density at radius 3 is 2.96 bits per heavy atom. The number of carbonyl (C=O) groups is 1. The van der Waals surface area contributed by atoms with E-state index in [1.807, 2.05) is 18.2 Å². The number of hydrogen-bond acceptors (Lipinski definition) is 5. The molecule has 2 aliphatic rings. The first-order valence-corrected chi connectivity index (χ1v) is 9.04. The summed E-state index contributed by atoms with van der Waals surface area (Å²) in [7, 11) is 0. The number of nitrogens with one attached hydrogen (secondary N) is 3. The Labute approximate surface area is 143 Å². The molecule has 132 valence electrons. The highest BCUT2D eigenvalue weighted by molar-refractivity contribution is 5.80. The minimum absolute atomic E-state index is 0.0404. The van der Waals surface area contributed by atoms with E-state index in [0.29, 0.717) is 12.5 Å². The Hall–Kier alpha value is -1.50. The van der Waals surface area contributed by atoms with Gasteiger partial charge in [-0.25, -0.2) is 0 Å². The predicted molar refractivity (Wildman–Crippen MR) is 91.9 cm³/mol. The molecular weight excluding hydrogens is 304 g/mol. The largest absolute Gasteiger partial charge is 0.393 e. The molecule has 6 nitrogen and oxygen atoms in total. The fourth-order valence-corrected chi connectivity index (χ4v) is 3.73. The smallest absolute Gasteiger partial charge is 0.226 e. The van der Waals surface area contributed by atoms with E-state index in [9.17, 15) is 9.90 Å². The van der Waals surface area contributed by atoms with Crippen LogP contribution < -0.4 is 16.2 Å². The monoisotopic (exact) mass is 332 g/mol. The number of carbonyl (C=O) groups excluding carboxylic acids is 1. The van der Waals surface area contributed by atoms with Crippen molar-refractivity contribution in [1.29, 1.82) is 0 Å². The zero-order valence-corrected chi connectivity index (χ0v) is 14.2. The molecule has 3 unspecified atom stereocenters. The van der Waals surface area contributed by atoms with E-state index in [0.717, 1.165) is 37.8 Å². The van der Waals surface area contributed by atoms with Crippen LogP contribution in [0.15, 0.2) is 24.4 Å². The second kappa shape index (κ2) is 8.05. The summed E-state index contributed by atoms with van der Waals surface area (Å²) >= 11 is 0. The summed E-state index contributed by atoms with van der Waals surface area (Å²) in [5.41, 5.74) is 7.31. The Morgan fingerprint density at radius 2 is 2.29 bits per heavy atom. The SMILES string of the molecule is CCCC1NNCC1C(=O)NC(Cc1ccccn1)C1CC(O)C1. The minimum Gasteiger partial charge on any atom is -0.393 e. The first-order chi connectivity index (χ1) is 11.7. The number of hydrogen-bond donors (Lipinski definition) is 4. The van der Waals surface area contributed by atoms with Crippen molar-refractivity contribution in [1.82, 2.24) is 21.2 Å². The molecule has 1 saturated heterocycles.